The van der Waals surface area contributed by atoms with Gasteiger partial charge in [0.25, 0.3) is 0 Å². The summed E-state index contributed by atoms with van der Waals surface area (Å²) in [4.78, 5) is 2.27. The number of hydrogen-bond acceptors (Lipinski definition) is 3. The molecule has 1 aromatic heterocycles. The van der Waals surface area contributed by atoms with Gasteiger partial charge >= 0.3 is 0 Å². The molecule has 1 saturated heterocycles. The summed E-state index contributed by atoms with van der Waals surface area (Å²) in [7, 11) is 0. The van der Waals surface area contributed by atoms with Gasteiger partial charge < -0.3 is 5.11 Å². The van der Waals surface area contributed by atoms with E-state index in [0.29, 0.717) is 12.6 Å². The predicted octanol–water partition coefficient (Wildman–Crippen LogP) is 1.96. The number of aryl methyl sites for hydroxylation is 1. The van der Waals surface area contributed by atoms with Crippen molar-refractivity contribution in [2.75, 3.05) is 19.6 Å². The van der Waals surface area contributed by atoms with Crippen molar-refractivity contribution >= 4 is 0 Å². The molecule has 0 aliphatic carbocycles. The Morgan fingerprint density at radius 2 is 2.00 bits per heavy atom. The first-order valence-electron chi connectivity index (χ1n) is 7.05. The van der Waals surface area contributed by atoms with Crippen molar-refractivity contribution in [3.8, 4) is 0 Å². The molecule has 1 fully saturated rings. The molecular weight excluding hydrogens is 250 g/mol. The van der Waals surface area contributed by atoms with Crippen LogP contribution in [0.25, 0.3) is 0 Å². The molecular formula is C16H21N3O. The summed E-state index contributed by atoms with van der Waals surface area (Å²) >= 11 is 0. The van der Waals surface area contributed by atoms with Crippen molar-refractivity contribution in [1.82, 2.24) is 14.7 Å². The fourth-order valence-corrected chi connectivity index (χ4v) is 2.80. The third-order valence-electron chi connectivity index (χ3n) is 3.97. The van der Waals surface area contributed by atoms with Crippen LogP contribution in [-0.2, 0) is 5.60 Å². The smallest absolute Gasteiger partial charge is 0.0994 e. The number of aromatic nitrogens is 2. The van der Waals surface area contributed by atoms with Gasteiger partial charge in [0.05, 0.1) is 17.8 Å². The van der Waals surface area contributed by atoms with Crippen molar-refractivity contribution in [2.45, 2.75) is 25.5 Å². The Morgan fingerprint density at radius 3 is 2.60 bits per heavy atom. The van der Waals surface area contributed by atoms with Crippen LogP contribution in [0.3, 0.4) is 0 Å². The normalized spacial score (nSPS) is 19.6. The number of benzene rings is 1. The highest BCUT2D eigenvalue weighted by atomic mass is 16.3. The number of aliphatic hydroxyl groups is 1. The van der Waals surface area contributed by atoms with E-state index in [2.05, 4.69) is 23.1 Å². The lowest BCUT2D eigenvalue weighted by Gasteiger charge is -2.42. The zero-order chi connectivity index (χ0) is 14.2. The largest absolute Gasteiger partial charge is 0.384 e. The Kier molecular flexibility index (Phi) is 3.36. The first-order valence-corrected chi connectivity index (χ1v) is 7.05. The molecule has 0 radical (unpaired) electrons. The fraction of sp³-hybridized carbons (Fsp3) is 0.438. The molecule has 2 heterocycles. The van der Waals surface area contributed by atoms with Crippen molar-refractivity contribution in [1.29, 1.82) is 0 Å². The number of β-amino-alcohol motifs (C(OH)–C–C–N with tert-alkyl or cyclic N) is 1. The van der Waals surface area contributed by atoms with E-state index in [9.17, 15) is 5.11 Å². The van der Waals surface area contributed by atoms with E-state index in [1.54, 1.807) is 0 Å². The molecule has 106 valence electrons. The Hall–Kier alpha value is -1.65. The molecule has 2 aromatic rings. The summed E-state index contributed by atoms with van der Waals surface area (Å²) in [6.45, 7) is 6.50. The van der Waals surface area contributed by atoms with Crippen LogP contribution in [-0.4, -0.2) is 39.4 Å². The van der Waals surface area contributed by atoms with Gasteiger partial charge in [-0.2, -0.15) is 5.10 Å². The van der Waals surface area contributed by atoms with Crippen LogP contribution >= 0.6 is 0 Å². The van der Waals surface area contributed by atoms with Crippen molar-refractivity contribution in [3.05, 3.63) is 53.9 Å². The summed E-state index contributed by atoms with van der Waals surface area (Å²) in [6.07, 6.45) is 3.97. The second-order valence-electron chi connectivity index (χ2n) is 5.99. The zero-order valence-electron chi connectivity index (χ0n) is 12.0. The third kappa shape index (κ3) is 2.62. The van der Waals surface area contributed by atoms with Gasteiger partial charge in [0.2, 0.25) is 0 Å². The predicted molar refractivity (Wildman–Crippen MR) is 78.5 cm³/mol. The molecule has 0 amide bonds. The Bertz CT molecular complexity index is 570. The summed E-state index contributed by atoms with van der Waals surface area (Å²) in [6, 6.07) is 10.3. The number of nitrogens with zero attached hydrogens (tertiary/aromatic N) is 3. The standard InChI is InChI=1S/C16H21N3O/c1-13-8-17-19(9-13)15-10-18(11-15)12-16(2,20)14-6-4-3-5-7-14/h3-9,15,20H,10-12H2,1-2H3/t16-/m0/s1. The van der Waals surface area contributed by atoms with E-state index in [-0.39, 0.29) is 0 Å². The van der Waals surface area contributed by atoms with Gasteiger partial charge in [-0.25, -0.2) is 0 Å². The molecule has 1 atom stereocenters. The van der Waals surface area contributed by atoms with Crippen LogP contribution in [0.5, 0.6) is 0 Å². The van der Waals surface area contributed by atoms with E-state index in [1.165, 1.54) is 5.56 Å². The number of hydrogen-bond donors (Lipinski definition) is 1. The molecule has 1 aromatic carbocycles. The van der Waals surface area contributed by atoms with Gasteiger partial charge in [0.1, 0.15) is 0 Å². The van der Waals surface area contributed by atoms with E-state index in [4.69, 9.17) is 0 Å². The van der Waals surface area contributed by atoms with Crippen LogP contribution in [0, 0.1) is 6.92 Å². The lowest BCUT2D eigenvalue weighted by atomic mass is 9.93. The summed E-state index contributed by atoms with van der Waals surface area (Å²) in [5, 5.41) is 15.0. The van der Waals surface area contributed by atoms with Gasteiger partial charge in [-0.1, -0.05) is 30.3 Å². The van der Waals surface area contributed by atoms with Gasteiger partial charge in [0.15, 0.2) is 0 Å². The second kappa shape index (κ2) is 5.04. The van der Waals surface area contributed by atoms with E-state index < -0.39 is 5.60 Å². The zero-order valence-corrected chi connectivity index (χ0v) is 12.0. The van der Waals surface area contributed by atoms with Crippen LogP contribution in [0.1, 0.15) is 24.1 Å². The lowest BCUT2D eigenvalue weighted by molar-refractivity contribution is -0.0219. The molecule has 1 aliphatic rings. The molecule has 1 aliphatic heterocycles. The second-order valence-corrected chi connectivity index (χ2v) is 5.99. The first-order chi connectivity index (χ1) is 9.54. The number of likely N-dealkylation sites (tertiary alicyclic amines) is 1. The van der Waals surface area contributed by atoms with Gasteiger partial charge in [-0.05, 0) is 25.0 Å². The first kappa shape index (κ1) is 13.3. The van der Waals surface area contributed by atoms with Crippen molar-refractivity contribution in [3.63, 3.8) is 0 Å². The quantitative estimate of drug-likeness (QED) is 0.924. The van der Waals surface area contributed by atoms with Crippen LogP contribution in [0.4, 0.5) is 0 Å². The topological polar surface area (TPSA) is 41.3 Å². The molecule has 0 unspecified atom stereocenters. The number of rotatable bonds is 4. The maximum absolute atomic E-state index is 10.6. The van der Waals surface area contributed by atoms with E-state index >= 15 is 0 Å². The minimum atomic E-state index is -0.799. The highest BCUT2D eigenvalue weighted by Gasteiger charge is 2.34. The van der Waals surface area contributed by atoms with Crippen LogP contribution < -0.4 is 0 Å². The monoisotopic (exact) mass is 271 g/mol. The maximum atomic E-state index is 10.6. The Morgan fingerprint density at radius 1 is 1.30 bits per heavy atom. The lowest BCUT2D eigenvalue weighted by Crippen LogP contribution is -2.52. The molecule has 20 heavy (non-hydrogen) atoms. The van der Waals surface area contributed by atoms with Gasteiger partial charge in [-0.3, -0.25) is 9.58 Å². The van der Waals surface area contributed by atoms with Gasteiger partial charge in [0, 0.05) is 25.8 Å². The molecule has 4 nitrogen and oxygen atoms in total. The Labute approximate surface area is 119 Å². The minimum Gasteiger partial charge on any atom is -0.384 e. The van der Waals surface area contributed by atoms with Gasteiger partial charge in [-0.15, -0.1) is 0 Å². The average molecular weight is 271 g/mol. The van der Waals surface area contributed by atoms with E-state index in [0.717, 1.165) is 18.7 Å². The molecule has 0 spiro atoms. The summed E-state index contributed by atoms with van der Waals surface area (Å²) < 4.78 is 2.03. The molecule has 3 rings (SSSR count). The highest BCUT2D eigenvalue weighted by Crippen LogP contribution is 2.27. The maximum Gasteiger partial charge on any atom is 0.0994 e. The molecule has 0 bridgehead atoms. The highest BCUT2D eigenvalue weighted by molar-refractivity contribution is 5.22. The molecule has 0 saturated carbocycles. The molecule has 1 N–H and O–H groups in total. The summed E-state index contributed by atoms with van der Waals surface area (Å²) in [5.41, 5.74) is 1.37. The third-order valence-corrected chi connectivity index (χ3v) is 3.97. The van der Waals surface area contributed by atoms with E-state index in [1.807, 2.05) is 48.1 Å². The van der Waals surface area contributed by atoms with Crippen molar-refractivity contribution < 1.29 is 5.11 Å². The SMILES string of the molecule is Cc1cnn(C2CN(C[C@](C)(O)c3ccccc3)C2)c1. The summed E-state index contributed by atoms with van der Waals surface area (Å²) in [5.74, 6) is 0. The fourth-order valence-electron chi connectivity index (χ4n) is 2.80. The van der Waals surface area contributed by atoms with Crippen LogP contribution in [0.15, 0.2) is 42.7 Å². The molecule has 4 heteroatoms. The van der Waals surface area contributed by atoms with Crippen molar-refractivity contribution in [2.24, 2.45) is 0 Å². The van der Waals surface area contributed by atoms with Crippen LogP contribution in [0.2, 0.25) is 0 Å². The minimum absolute atomic E-state index is 0.440. The average Bonchev–Trinajstić information content (AvgIpc) is 2.81. The Balaban J connectivity index is 1.58.